The van der Waals surface area contributed by atoms with Gasteiger partial charge >= 0.3 is 0 Å². The number of benzene rings is 3. The summed E-state index contributed by atoms with van der Waals surface area (Å²) in [4.78, 5) is 0. The highest BCUT2D eigenvalue weighted by Gasteiger charge is 2.08. The number of hydrogen-bond donors (Lipinski definition) is 2. The molecule has 0 amide bonds. The van der Waals surface area contributed by atoms with E-state index in [-0.39, 0.29) is 0 Å². The van der Waals surface area contributed by atoms with Crippen LogP contribution in [-0.4, -0.2) is 0 Å². The monoisotopic (exact) mass is 294 g/mol. The summed E-state index contributed by atoms with van der Waals surface area (Å²) in [5.41, 5.74) is 8.11. The van der Waals surface area contributed by atoms with Crippen molar-refractivity contribution in [3.8, 4) is 0 Å². The molecule has 0 aromatic heterocycles. The number of nitrogen functional groups attached to an aromatic ring is 1. The predicted molar refractivity (Wildman–Crippen MR) is 93.4 cm³/mol. The molecule has 21 heavy (non-hydrogen) atoms. The second kappa shape index (κ2) is 5.15. The van der Waals surface area contributed by atoms with E-state index in [0.717, 1.165) is 38.3 Å². The Labute approximate surface area is 128 Å². The minimum absolute atomic E-state index is 0.593. The molecule has 0 aliphatic carbocycles. The maximum atomic E-state index is 6.47. The van der Waals surface area contributed by atoms with Gasteiger partial charge in [-0.3, -0.25) is 0 Å². The molecule has 0 radical (unpaired) electrons. The Bertz CT molecular complexity index is 915. The molecule has 3 aromatic carbocycles. The number of hydrogen-bond acceptors (Lipinski definition) is 2. The fourth-order valence-electron chi connectivity index (χ4n) is 2.39. The number of anilines is 3. The van der Waals surface area contributed by atoms with Gasteiger partial charge in [0.15, 0.2) is 0 Å². The van der Waals surface area contributed by atoms with Crippen LogP contribution in [0.2, 0.25) is 5.02 Å². The highest BCUT2D eigenvalue weighted by atomic mass is 35.5. The van der Waals surface area contributed by atoms with Crippen LogP contribution in [0.1, 0.15) is 0 Å². The Morgan fingerprint density at radius 1 is 0.857 bits per heavy atom. The second-order valence-corrected chi connectivity index (χ2v) is 5.32. The largest absolute Gasteiger partial charge is 0.399 e. The van der Waals surface area contributed by atoms with Gasteiger partial charge in [0.05, 0.1) is 10.7 Å². The van der Waals surface area contributed by atoms with Crippen molar-refractivity contribution in [2.24, 2.45) is 0 Å². The Morgan fingerprint density at radius 2 is 1.43 bits per heavy atom. The zero-order valence-corrected chi connectivity index (χ0v) is 12.2. The third kappa shape index (κ3) is 2.34. The zero-order chi connectivity index (χ0) is 15.0. The molecule has 0 unspecified atom stereocenters. The topological polar surface area (TPSA) is 38.0 Å². The minimum Gasteiger partial charge on any atom is -0.399 e. The van der Waals surface area contributed by atoms with Crippen LogP contribution in [0.25, 0.3) is 23.9 Å². The molecule has 3 aromatic rings. The van der Waals surface area contributed by atoms with Gasteiger partial charge in [0.25, 0.3) is 0 Å². The number of rotatable bonds is 2. The van der Waals surface area contributed by atoms with Crippen molar-refractivity contribution < 1.29 is 0 Å². The molecular weight excluding hydrogens is 280 g/mol. The first-order chi connectivity index (χ1) is 10.1. The van der Waals surface area contributed by atoms with E-state index in [9.17, 15) is 0 Å². The number of nitrogens with two attached hydrogens (primary N) is 1. The molecule has 0 saturated heterocycles. The van der Waals surface area contributed by atoms with Crippen LogP contribution in [-0.2, 0) is 0 Å². The van der Waals surface area contributed by atoms with Gasteiger partial charge in [-0.25, -0.2) is 0 Å². The normalized spacial score (nSPS) is 10.7. The van der Waals surface area contributed by atoms with Crippen LogP contribution in [0.4, 0.5) is 17.1 Å². The van der Waals surface area contributed by atoms with Crippen LogP contribution in [0, 0.1) is 0 Å². The van der Waals surface area contributed by atoms with E-state index in [4.69, 9.17) is 17.3 Å². The Kier molecular flexibility index (Phi) is 3.32. The van der Waals surface area contributed by atoms with Gasteiger partial charge < -0.3 is 11.1 Å². The first-order valence-electron chi connectivity index (χ1n) is 6.58. The molecule has 3 N–H and O–H groups in total. The van der Waals surface area contributed by atoms with Gasteiger partial charge in [-0.2, -0.15) is 0 Å². The summed E-state index contributed by atoms with van der Waals surface area (Å²) in [6.45, 7) is 8.25. The molecule has 0 heterocycles. The lowest BCUT2D eigenvalue weighted by molar-refractivity contribution is 1.52. The summed E-state index contributed by atoms with van der Waals surface area (Å²) in [5.74, 6) is 0. The summed E-state index contributed by atoms with van der Waals surface area (Å²) in [5, 5.41) is 7.64. The van der Waals surface area contributed by atoms with Crippen molar-refractivity contribution in [2.75, 3.05) is 11.1 Å². The SMILES string of the molecule is C=c1c(Cl)c(Nc2ccc(N)cc2)c(=C)c2ccccc12. The van der Waals surface area contributed by atoms with Crippen LogP contribution in [0.3, 0.4) is 0 Å². The van der Waals surface area contributed by atoms with E-state index >= 15 is 0 Å². The maximum absolute atomic E-state index is 6.47. The van der Waals surface area contributed by atoms with Crippen LogP contribution >= 0.6 is 11.6 Å². The molecular formula is C18H15ClN2. The van der Waals surface area contributed by atoms with Gasteiger partial charge in [-0.05, 0) is 40.3 Å². The molecule has 104 valence electrons. The van der Waals surface area contributed by atoms with E-state index in [1.807, 2.05) is 48.5 Å². The first kappa shape index (κ1) is 13.5. The summed E-state index contributed by atoms with van der Waals surface area (Å²) < 4.78 is 0. The van der Waals surface area contributed by atoms with E-state index in [1.165, 1.54) is 0 Å². The van der Waals surface area contributed by atoms with Crippen molar-refractivity contribution in [3.05, 3.63) is 64.0 Å². The van der Waals surface area contributed by atoms with Crippen molar-refractivity contribution in [2.45, 2.75) is 0 Å². The molecule has 0 fully saturated rings. The van der Waals surface area contributed by atoms with Gasteiger partial charge in [0, 0.05) is 16.6 Å². The van der Waals surface area contributed by atoms with Crippen LogP contribution < -0.4 is 21.5 Å². The lowest BCUT2D eigenvalue weighted by Gasteiger charge is -2.12. The van der Waals surface area contributed by atoms with Gasteiger partial charge in [0.1, 0.15) is 0 Å². The molecule has 0 aliphatic rings. The van der Waals surface area contributed by atoms with E-state index in [1.54, 1.807) is 0 Å². The Balaban J connectivity index is 2.21. The predicted octanol–water partition coefficient (Wildman–Crippen LogP) is 3.64. The molecule has 2 nitrogen and oxygen atoms in total. The number of nitrogens with one attached hydrogen (secondary N) is 1. The molecule has 3 rings (SSSR count). The third-order valence-electron chi connectivity index (χ3n) is 3.54. The van der Waals surface area contributed by atoms with E-state index in [2.05, 4.69) is 18.5 Å². The molecule has 3 heteroatoms. The highest BCUT2D eigenvalue weighted by Crippen LogP contribution is 2.22. The molecule has 0 spiro atoms. The van der Waals surface area contributed by atoms with Crippen LogP contribution in [0.5, 0.6) is 0 Å². The highest BCUT2D eigenvalue weighted by molar-refractivity contribution is 6.34. The average Bonchev–Trinajstić information content (AvgIpc) is 2.51. The first-order valence-corrected chi connectivity index (χ1v) is 6.96. The number of fused-ring (bicyclic) bond motifs is 1. The van der Waals surface area contributed by atoms with Gasteiger partial charge in [-0.1, -0.05) is 49.0 Å². The molecule has 0 bridgehead atoms. The summed E-state index contributed by atoms with van der Waals surface area (Å²) in [7, 11) is 0. The minimum atomic E-state index is 0.593. The van der Waals surface area contributed by atoms with E-state index < -0.39 is 0 Å². The summed E-state index contributed by atoms with van der Waals surface area (Å²) in [6.07, 6.45) is 0. The molecule has 0 saturated carbocycles. The van der Waals surface area contributed by atoms with Gasteiger partial charge in [-0.15, -0.1) is 0 Å². The molecule has 0 atom stereocenters. The third-order valence-corrected chi connectivity index (χ3v) is 3.96. The lowest BCUT2D eigenvalue weighted by Crippen LogP contribution is -2.16. The fraction of sp³-hybridized carbons (Fsp3) is 0. The van der Waals surface area contributed by atoms with Crippen molar-refractivity contribution in [1.82, 2.24) is 0 Å². The smallest absolute Gasteiger partial charge is 0.0719 e. The standard InChI is InChI=1S/C18H15ClN2/c1-11-15-5-3-4-6-16(15)12(2)18(17(11)19)21-14-9-7-13(20)8-10-14/h3-10,21H,1-2,20H2. The van der Waals surface area contributed by atoms with Crippen molar-refractivity contribution in [1.29, 1.82) is 0 Å². The van der Waals surface area contributed by atoms with Crippen molar-refractivity contribution in [3.63, 3.8) is 0 Å². The van der Waals surface area contributed by atoms with E-state index in [0.29, 0.717) is 5.02 Å². The number of halogens is 1. The average molecular weight is 295 g/mol. The second-order valence-electron chi connectivity index (χ2n) is 4.94. The fourth-order valence-corrected chi connectivity index (χ4v) is 2.65. The Hall–Kier alpha value is -2.45. The Morgan fingerprint density at radius 3 is 2.05 bits per heavy atom. The van der Waals surface area contributed by atoms with Crippen LogP contribution in [0.15, 0.2) is 48.5 Å². The maximum Gasteiger partial charge on any atom is 0.0719 e. The van der Waals surface area contributed by atoms with Crippen molar-refractivity contribution >= 4 is 52.6 Å². The zero-order valence-electron chi connectivity index (χ0n) is 11.5. The van der Waals surface area contributed by atoms with Gasteiger partial charge in [0.2, 0.25) is 0 Å². The lowest BCUT2D eigenvalue weighted by atomic mass is 10.0. The molecule has 0 aliphatic heterocycles. The summed E-state index contributed by atoms with van der Waals surface area (Å²) in [6, 6.07) is 15.5. The summed E-state index contributed by atoms with van der Waals surface area (Å²) >= 11 is 6.47. The quantitative estimate of drug-likeness (QED) is 0.708.